The number of carbonyl (C=O) groups excluding carboxylic acids is 1. The number of aromatic nitrogens is 2. The summed E-state index contributed by atoms with van der Waals surface area (Å²) < 4.78 is 69.3. The first-order valence-corrected chi connectivity index (χ1v) is 13.3. The molecule has 0 unspecified atom stereocenters. The number of fused-ring (bicyclic) bond motifs is 1. The van der Waals surface area contributed by atoms with Crippen molar-refractivity contribution in [3.05, 3.63) is 47.8 Å². The highest BCUT2D eigenvalue weighted by molar-refractivity contribution is 7.74. The standard InChI is InChI=1S/C25H27F3N6O6S/c1-13-8-16(12-31-22(13)32(2)3)34(41(38)39)18-5-7-33(23(18)35)19(24(36)37)10-15-9-14-4-6-30-21(29)17(14)11-20(15)40-25(26,27)28/h4,6,8-9,11-12,18-19,41H,5,7,10H2,1-3H3,(H2,29,30)(H,36,37)/t18-,19+/m0/s1. The van der Waals surface area contributed by atoms with Crippen molar-refractivity contribution >= 4 is 50.9 Å². The zero-order valence-electron chi connectivity index (χ0n) is 22.1. The number of nitrogens with two attached hydrogens (primary N) is 1. The highest BCUT2D eigenvalue weighted by atomic mass is 32.2. The second-order valence-electron chi connectivity index (χ2n) is 9.63. The number of thiol groups is 1. The summed E-state index contributed by atoms with van der Waals surface area (Å²) in [4.78, 5) is 36.6. The van der Waals surface area contributed by atoms with Gasteiger partial charge in [-0.1, -0.05) is 0 Å². The fourth-order valence-electron chi connectivity index (χ4n) is 4.95. The molecule has 41 heavy (non-hydrogen) atoms. The molecule has 16 heteroatoms. The Labute approximate surface area is 234 Å². The number of amides is 1. The quantitative estimate of drug-likeness (QED) is 0.312. The van der Waals surface area contributed by atoms with Crippen molar-refractivity contribution in [3.8, 4) is 5.75 Å². The number of benzene rings is 1. The van der Waals surface area contributed by atoms with Crippen molar-refractivity contribution in [2.75, 3.05) is 35.6 Å². The maximum absolute atomic E-state index is 13.5. The van der Waals surface area contributed by atoms with Gasteiger partial charge in [0.25, 0.3) is 0 Å². The molecule has 1 fully saturated rings. The van der Waals surface area contributed by atoms with E-state index in [9.17, 15) is 36.3 Å². The van der Waals surface area contributed by atoms with E-state index in [1.165, 1.54) is 24.5 Å². The summed E-state index contributed by atoms with van der Waals surface area (Å²) in [7, 11) is 0.185. The van der Waals surface area contributed by atoms with Crippen LogP contribution in [0.15, 0.2) is 36.7 Å². The van der Waals surface area contributed by atoms with Crippen LogP contribution in [0.5, 0.6) is 5.75 Å². The number of aryl methyl sites for hydroxylation is 1. The number of halogens is 3. The number of likely N-dealkylation sites (tertiary alicyclic amines) is 1. The van der Waals surface area contributed by atoms with Crippen LogP contribution < -0.4 is 19.7 Å². The molecule has 1 aliphatic rings. The monoisotopic (exact) mass is 596 g/mol. The molecule has 1 aromatic carbocycles. The molecule has 1 aliphatic heterocycles. The van der Waals surface area contributed by atoms with Gasteiger partial charge < -0.3 is 25.4 Å². The topological polar surface area (TPSA) is 159 Å². The van der Waals surface area contributed by atoms with Crippen LogP contribution in [0.1, 0.15) is 17.5 Å². The van der Waals surface area contributed by atoms with E-state index in [4.69, 9.17) is 5.73 Å². The van der Waals surface area contributed by atoms with E-state index in [-0.39, 0.29) is 35.4 Å². The summed E-state index contributed by atoms with van der Waals surface area (Å²) in [6.07, 6.45) is -3.06. The lowest BCUT2D eigenvalue weighted by molar-refractivity contribution is -0.274. The molecule has 3 N–H and O–H groups in total. The number of hydrogen-bond donors (Lipinski definition) is 3. The molecular formula is C25H27F3N6O6S. The normalized spacial score (nSPS) is 16.3. The Morgan fingerprint density at radius 3 is 2.56 bits per heavy atom. The molecule has 1 saturated heterocycles. The maximum atomic E-state index is 13.5. The second kappa shape index (κ2) is 11.3. The molecule has 0 aliphatic carbocycles. The summed E-state index contributed by atoms with van der Waals surface area (Å²) in [6.45, 7) is 1.57. The maximum Gasteiger partial charge on any atom is 0.573 e. The van der Waals surface area contributed by atoms with Crippen LogP contribution in [0.25, 0.3) is 10.8 Å². The van der Waals surface area contributed by atoms with Gasteiger partial charge in [-0.15, -0.1) is 13.2 Å². The average Bonchev–Trinajstić information content (AvgIpc) is 3.22. The van der Waals surface area contributed by atoms with Crippen molar-refractivity contribution in [2.45, 2.75) is 38.2 Å². The van der Waals surface area contributed by atoms with Crippen molar-refractivity contribution in [1.82, 2.24) is 14.9 Å². The second-order valence-corrected chi connectivity index (χ2v) is 10.5. The van der Waals surface area contributed by atoms with E-state index < -0.39 is 53.4 Å². The van der Waals surface area contributed by atoms with E-state index in [0.29, 0.717) is 16.8 Å². The Hall–Kier alpha value is -4.34. The van der Waals surface area contributed by atoms with Gasteiger partial charge in [-0.3, -0.25) is 9.10 Å². The van der Waals surface area contributed by atoms with E-state index in [2.05, 4.69) is 14.7 Å². The minimum atomic E-state index is -5.10. The van der Waals surface area contributed by atoms with Crippen molar-refractivity contribution in [2.24, 2.45) is 0 Å². The predicted octanol–water partition coefficient (Wildman–Crippen LogP) is 2.11. The van der Waals surface area contributed by atoms with Crippen LogP contribution in [0.2, 0.25) is 0 Å². The average molecular weight is 597 g/mol. The molecule has 0 bridgehead atoms. The van der Waals surface area contributed by atoms with Gasteiger partial charge in [-0.05, 0) is 54.1 Å². The molecule has 0 saturated carbocycles. The first-order chi connectivity index (χ1) is 19.2. The summed E-state index contributed by atoms with van der Waals surface area (Å²) in [6, 6.07) is 2.46. The van der Waals surface area contributed by atoms with E-state index >= 15 is 0 Å². The zero-order valence-corrected chi connectivity index (χ0v) is 23.0. The van der Waals surface area contributed by atoms with Crippen LogP contribution in [0.3, 0.4) is 0 Å². The van der Waals surface area contributed by atoms with E-state index in [1.54, 1.807) is 32.0 Å². The third kappa shape index (κ3) is 6.21. The molecule has 2 aromatic heterocycles. The highest BCUT2D eigenvalue weighted by Crippen LogP contribution is 2.35. The number of hydrogen-bond acceptors (Lipinski definition) is 9. The third-order valence-corrected chi connectivity index (χ3v) is 7.55. The van der Waals surface area contributed by atoms with Gasteiger partial charge in [0.05, 0.1) is 11.9 Å². The third-order valence-electron chi connectivity index (χ3n) is 6.68. The van der Waals surface area contributed by atoms with Gasteiger partial charge >= 0.3 is 12.3 Å². The number of rotatable bonds is 9. The number of nitrogen functional groups attached to an aromatic ring is 1. The van der Waals surface area contributed by atoms with Crippen LogP contribution >= 0.6 is 0 Å². The fraction of sp³-hybridized carbons (Fsp3) is 0.360. The van der Waals surface area contributed by atoms with Gasteiger partial charge in [0.2, 0.25) is 16.8 Å². The number of carboxylic acids is 1. The number of nitrogens with zero attached hydrogens (tertiary/aromatic N) is 5. The summed E-state index contributed by atoms with van der Waals surface area (Å²) in [5, 5.41) is 10.6. The summed E-state index contributed by atoms with van der Waals surface area (Å²) in [5.74, 6) is -2.45. The van der Waals surface area contributed by atoms with Crippen LogP contribution in [-0.2, 0) is 26.9 Å². The molecule has 2 atom stereocenters. The Bertz CT molecular complexity index is 1570. The SMILES string of the molecule is Cc1cc(N([C@H]2CCN([C@H](Cc3cc4ccnc(N)c4cc3OC(F)(F)F)C(=O)O)C2=O)[SH](=O)=O)cnc1N(C)C. The first-order valence-electron chi connectivity index (χ1n) is 12.2. The molecule has 0 radical (unpaired) electrons. The molecule has 0 spiro atoms. The molecule has 220 valence electrons. The summed E-state index contributed by atoms with van der Waals surface area (Å²) >= 11 is 0. The number of ether oxygens (including phenoxy) is 1. The number of carboxylic acid groups (broad SMARTS) is 1. The minimum absolute atomic E-state index is 0.0494. The number of pyridine rings is 2. The Balaban J connectivity index is 1.68. The Morgan fingerprint density at radius 2 is 1.98 bits per heavy atom. The van der Waals surface area contributed by atoms with E-state index in [0.717, 1.165) is 15.3 Å². The lowest BCUT2D eigenvalue weighted by Gasteiger charge is -2.28. The van der Waals surface area contributed by atoms with Gasteiger partial charge in [0, 0.05) is 38.6 Å². The Kier molecular flexibility index (Phi) is 8.15. The van der Waals surface area contributed by atoms with Gasteiger partial charge in [-0.2, -0.15) is 0 Å². The largest absolute Gasteiger partial charge is 0.573 e. The first kappa shape index (κ1) is 29.6. The lowest BCUT2D eigenvalue weighted by Crippen LogP contribution is -2.48. The molecule has 12 nitrogen and oxygen atoms in total. The number of aliphatic carboxylic acids is 1. The Morgan fingerprint density at radius 1 is 1.27 bits per heavy atom. The van der Waals surface area contributed by atoms with Gasteiger partial charge in [0.1, 0.15) is 29.5 Å². The lowest BCUT2D eigenvalue weighted by atomic mass is 10.00. The van der Waals surface area contributed by atoms with Crippen LogP contribution in [0.4, 0.5) is 30.5 Å². The number of alkyl halides is 3. The molecule has 4 rings (SSSR count). The van der Waals surface area contributed by atoms with Crippen LogP contribution in [0, 0.1) is 6.92 Å². The van der Waals surface area contributed by atoms with Gasteiger partial charge in [0.15, 0.2) is 0 Å². The highest BCUT2D eigenvalue weighted by Gasteiger charge is 2.43. The zero-order chi connectivity index (χ0) is 30.2. The number of carbonyl (C=O) groups is 2. The molecular weight excluding hydrogens is 569 g/mol. The smallest absolute Gasteiger partial charge is 0.480 e. The van der Waals surface area contributed by atoms with E-state index in [1.807, 2.05) is 0 Å². The van der Waals surface area contributed by atoms with Gasteiger partial charge in [-0.25, -0.2) is 23.2 Å². The molecule has 3 aromatic rings. The molecule has 1 amide bonds. The minimum Gasteiger partial charge on any atom is -0.480 e. The van der Waals surface area contributed by atoms with Crippen molar-refractivity contribution in [1.29, 1.82) is 0 Å². The summed E-state index contributed by atoms with van der Waals surface area (Å²) in [5.41, 5.74) is 6.42. The van der Waals surface area contributed by atoms with Crippen LogP contribution in [-0.4, -0.2) is 79.4 Å². The number of anilines is 3. The molecule has 3 heterocycles. The predicted molar refractivity (Wildman–Crippen MR) is 144 cm³/mol. The van der Waals surface area contributed by atoms with Crippen molar-refractivity contribution < 1.29 is 41.0 Å². The van der Waals surface area contributed by atoms with Crippen molar-refractivity contribution in [3.63, 3.8) is 0 Å². The fourth-order valence-corrected chi connectivity index (χ4v) is 5.69.